The third-order valence-corrected chi connectivity index (χ3v) is 7.05. The third kappa shape index (κ3) is 3.50. The van der Waals surface area contributed by atoms with Gasteiger partial charge in [-0.3, -0.25) is 4.79 Å². The van der Waals surface area contributed by atoms with Crippen LogP contribution >= 0.6 is 23.2 Å². The van der Waals surface area contributed by atoms with Crippen LogP contribution in [0.25, 0.3) is 10.8 Å². The van der Waals surface area contributed by atoms with Gasteiger partial charge in [0.2, 0.25) is 5.91 Å². The molecule has 0 aliphatic carbocycles. The van der Waals surface area contributed by atoms with Crippen molar-refractivity contribution in [3.05, 3.63) is 111 Å². The summed E-state index contributed by atoms with van der Waals surface area (Å²) in [6, 6.07) is 26.4. The number of anilines is 1. The fourth-order valence-electron chi connectivity index (χ4n) is 4.59. The van der Waals surface area contributed by atoms with E-state index in [1.54, 1.807) is 6.07 Å². The number of hydrogen-bond acceptors (Lipinski definition) is 1. The Labute approximate surface area is 192 Å². The molecule has 0 N–H and O–H groups in total. The van der Waals surface area contributed by atoms with Gasteiger partial charge in [0.15, 0.2) is 0 Å². The zero-order chi connectivity index (χ0) is 21.5. The second-order valence-corrected chi connectivity index (χ2v) is 8.81. The number of halogens is 2. The minimum absolute atomic E-state index is 0.0899. The lowest BCUT2D eigenvalue weighted by Crippen LogP contribution is -2.36. The summed E-state index contributed by atoms with van der Waals surface area (Å²) in [7, 11) is 0. The van der Waals surface area contributed by atoms with Crippen LogP contribution in [0.15, 0.2) is 78.9 Å². The molecule has 1 aliphatic rings. The minimum atomic E-state index is -0.145. The Morgan fingerprint density at radius 2 is 1.68 bits per heavy atom. The van der Waals surface area contributed by atoms with Gasteiger partial charge in [-0.15, -0.1) is 0 Å². The number of carbonyl (C=O) groups excluding carboxylic acids is 1. The van der Waals surface area contributed by atoms with E-state index < -0.39 is 0 Å². The van der Waals surface area contributed by atoms with Crippen molar-refractivity contribution >= 4 is 45.6 Å². The molecule has 0 saturated carbocycles. The van der Waals surface area contributed by atoms with Crippen LogP contribution in [0.3, 0.4) is 0 Å². The number of nitrogens with zero attached hydrogens (tertiary/aromatic N) is 1. The van der Waals surface area contributed by atoms with E-state index >= 15 is 0 Å². The Morgan fingerprint density at radius 1 is 0.903 bits per heavy atom. The molecule has 1 heterocycles. The zero-order valence-electron chi connectivity index (χ0n) is 17.1. The monoisotopic (exact) mass is 445 g/mol. The van der Waals surface area contributed by atoms with Gasteiger partial charge >= 0.3 is 0 Å². The van der Waals surface area contributed by atoms with Gasteiger partial charge in [0.25, 0.3) is 0 Å². The topological polar surface area (TPSA) is 20.3 Å². The lowest BCUT2D eigenvalue weighted by molar-refractivity contribution is -0.119. The van der Waals surface area contributed by atoms with E-state index in [9.17, 15) is 4.79 Å². The minimum Gasteiger partial charge on any atom is -0.308 e. The molecule has 1 atom stereocenters. The van der Waals surface area contributed by atoms with Gasteiger partial charge in [-0.05, 0) is 52.1 Å². The summed E-state index contributed by atoms with van der Waals surface area (Å²) in [5.41, 5.74) is 5.30. The first-order valence-corrected chi connectivity index (χ1v) is 11.1. The van der Waals surface area contributed by atoms with Crippen molar-refractivity contribution in [1.82, 2.24) is 0 Å². The fraction of sp³-hybridized carbons (Fsp3) is 0.148. The van der Waals surface area contributed by atoms with Gasteiger partial charge in [-0.25, -0.2) is 0 Å². The molecule has 154 valence electrons. The van der Waals surface area contributed by atoms with Gasteiger partial charge < -0.3 is 4.90 Å². The standard InChI is InChI=1S/C27H21Cl2NO/c1-17-7-2-3-9-19(17)16-30-24-14-13-18-8-4-5-10-20(18)26(24)22(15-25(30)31)21-11-6-12-23(28)27(21)29/h2-14,22H,15-16H2,1H3. The number of benzene rings is 4. The highest BCUT2D eigenvalue weighted by molar-refractivity contribution is 6.42. The quantitative estimate of drug-likeness (QED) is 0.319. The summed E-state index contributed by atoms with van der Waals surface area (Å²) in [5.74, 6) is -0.0556. The van der Waals surface area contributed by atoms with Gasteiger partial charge in [0.05, 0.1) is 16.6 Å². The molecule has 2 nitrogen and oxygen atoms in total. The van der Waals surface area contributed by atoms with E-state index in [2.05, 4.69) is 43.3 Å². The van der Waals surface area contributed by atoms with Crippen molar-refractivity contribution in [1.29, 1.82) is 0 Å². The van der Waals surface area contributed by atoms with Crippen LogP contribution < -0.4 is 4.90 Å². The first kappa shape index (κ1) is 20.1. The number of amides is 1. The summed E-state index contributed by atoms with van der Waals surface area (Å²) >= 11 is 13.0. The molecule has 0 spiro atoms. The van der Waals surface area contributed by atoms with Crippen LogP contribution in [0.1, 0.15) is 34.6 Å². The van der Waals surface area contributed by atoms with Gasteiger partial charge in [-0.1, -0.05) is 89.9 Å². The number of hydrogen-bond donors (Lipinski definition) is 0. The lowest BCUT2D eigenvalue weighted by Gasteiger charge is -2.36. The van der Waals surface area contributed by atoms with Crippen LogP contribution in [0.2, 0.25) is 10.0 Å². The van der Waals surface area contributed by atoms with E-state index in [1.165, 1.54) is 5.56 Å². The van der Waals surface area contributed by atoms with Crippen LogP contribution in [-0.4, -0.2) is 5.91 Å². The van der Waals surface area contributed by atoms with Gasteiger partial charge in [-0.2, -0.15) is 0 Å². The van der Waals surface area contributed by atoms with Crippen molar-refractivity contribution in [2.75, 3.05) is 4.90 Å². The third-order valence-electron chi connectivity index (χ3n) is 6.21. The van der Waals surface area contributed by atoms with Crippen molar-refractivity contribution in [2.24, 2.45) is 0 Å². The highest BCUT2D eigenvalue weighted by Crippen LogP contribution is 2.47. The first-order valence-electron chi connectivity index (χ1n) is 10.3. The molecule has 31 heavy (non-hydrogen) atoms. The van der Waals surface area contributed by atoms with E-state index in [-0.39, 0.29) is 11.8 Å². The van der Waals surface area contributed by atoms with Crippen LogP contribution in [-0.2, 0) is 11.3 Å². The highest BCUT2D eigenvalue weighted by Gasteiger charge is 2.35. The van der Waals surface area contributed by atoms with Crippen LogP contribution in [0, 0.1) is 6.92 Å². The molecule has 0 aromatic heterocycles. The molecule has 4 heteroatoms. The molecule has 0 bridgehead atoms. The highest BCUT2D eigenvalue weighted by atomic mass is 35.5. The SMILES string of the molecule is Cc1ccccc1CN1C(=O)CC(c2cccc(Cl)c2Cl)c2c1ccc1ccccc21. The van der Waals surface area contributed by atoms with E-state index in [0.717, 1.165) is 33.2 Å². The second kappa shape index (κ2) is 8.03. The van der Waals surface area contributed by atoms with Crippen LogP contribution in [0.5, 0.6) is 0 Å². The first-order chi connectivity index (χ1) is 15.0. The maximum atomic E-state index is 13.4. The van der Waals surface area contributed by atoms with Crippen LogP contribution in [0.4, 0.5) is 5.69 Å². The lowest BCUT2D eigenvalue weighted by atomic mass is 9.81. The summed E-state index contributed by atoms with van der Waals surface area (Å²) in [4.78, 5) is 15.4. The summed E-state index contributed by atoms with van der Waals surface area (Å²) in [6.45, 7) is 2.63. The normalized spacial score (nSPS) is 15.9. The molecule has 0 fully saturated rings. The molecule has 0 radical (unpaired) electrons. The average Bonchev–Trinajstić information content (AvgIpc) is 2.78. The molecular weight excluding hydrogens is 425 g/mol. The average molecular weight is 446 g/mol. The Hall–Kier alpha value is -2.81. The van der Waals surface area contributed by atoms with Crippen molar-refractivity contribution in [2.45, 2.75) is 25.8 Å². The Bertz CT molecular complexity index is 1310. The van der Waals surface area contributed by atoms with Crippen molar-refractivity contribution < 1.29 is 4.79 Å². The summed E-state index contributed by atoms with van der Waals surface area (Å²) < 4.78 is 0. The predicted octanol–water partition coefficient (Wildman–Crippen LogP) is 7.52. The molecule has 4 aromatic rings. The fourth-order valence-corrected chi connectivity index (χ4v) is 5.03. The van der Waals surface area contributed by atoms with E-state index in [1.807, 2.05) is 41.3 Å². The second-order valence-electron chi connectivity index (χ2n) is 8.03. The molecule has 1 aliphatic heterocycles. The van der Waals surface area contributed by atoms with Gasteiger partial charge in [0.1, 0.15) is 0 Å². The zero-order valence-corrected chi connectivity index (χ0v) is 18.6. The molecule has 1 unspecified atom stereocenters. The summed E-state index contributed by atoms with van der Waals surface area (Å²) in [5, 5.41) is 3.32. The number of carbonyl (C=O) groups is 1. The molecule has 5 rings (SSSR count). The predicted molar refractivity (Wildman–Crippen MR) is 129 cm³/mol. The van der Waals surface area contributed by atoms with Gasteiger partial charge in [0, 0.05) is 18.0 Å². The smallest absolute Gasteiger partial charge is 0.228 e. The number of aryl methyl sites for hydroxylation is 1. The van der Waals surface area contributed by atoms with E-state index in [0.29, 0.717) is 23.0 Å². The molecule has 0 saturated heterocycles. The van der Waals surface area contributed by atoms with Crippen molar-refractivity contribution in [3.63, 3.8) is 0 Å². The van der Waals surface area contributed by atoms with Crippen molar-refractivity contribution in [3.8, 4) is 0 Å². The molecule has 1 amide bonds. The maximum absolute atomic E-state index is 13.4. The largest absolute Gasteiger partial charge is 0.308 e. The molecular formula is C27H21Cl2NO. The maximum Gasteiger partial charge on any atom is 0.228 e. The molecule has 4 aromatic carbocycles. The Kier molecular flexibility index (Phi) is 5.21. The number of rotatable bonds is 3. The Morgan fingerprint density at radius 3 is 2.52 bits per heavy atom. The summed E-state index contributed by atoms with van der Waals surface area (Å²) in [6.07, 6.45) is 0.354. The Balaban J connectivity index is 1.72. The number of fused-ring (bicyclic) bond motifs is 3. The van der Waals surface area contributed by atoms with E-state index in [4.69, 9.17) is 23.2 Å².